The van der Waals surface area contributed by atoms with E-state index in [9.17, 15) is 4.79 Å². The van der Waals surface area contributed by atoms with Crippen molar-refractivity contribution in [1.82, 2.24) is 4.57 Å². The average Bonchev–Trinajstić information content (AvgIpc) is 3.38. The quantitative estimate of drug-likeness (QED) is 0.490. The molecule has 1 unspecified atom stereocenters. The number of fused-ring (bicyclic) bond motifs is 1. The van der Waals surface area contributed by atoms with Crippen LogP contribution in [0.15, 0.2) is 42.5 Å². The number of ether oxygens (including phenoxy) is 4. The van der Waals surface area contributed by atoms with Gasteiger partial charge in [0.2, 0.25) is 0 Å². The van der Waals surface area contributed by atoms with Crippen LogP contribution in [0.1, 0.15) is 39.2 Å². The van der Waals surface area contributed by atoms with E-state index < -0.39 is 6.09 Å². The fraction of sp³-hybridized carbons (Fsp3) is 0.423. The van der Waals surface area contributed by atoms with E-state index in [4.69, 9.17) is 24.7 Å². The summed E-state index contributed by atoms with van der Waals surface area (Å²) in [5.74, 6) is 0.788. The Balaban J connectivity index is 1.45. The van der Waals surface area contributed by atoms with Gasteiger partial charge in [-0.2, -0.15) is 0 Å². The standard InChI is InChI=1S/C26H31N3O5/c1-16(2)34-26(30)28-18-8-6-17(7-9-18)25-24(27)22-11-10-20(32-14-21-13-31-15-33-21)12-23(22)29(25)19-4-3-5-19/h6-12,16,19,21H,3-5,13-15,27H2,1-2H3,(H,28,30). The van der Waals surface area contributed by atoms with Gasteiger partial charge in [-0.25, -0.2) is 4.79 Å². The number of aromatic nitrogens is 1. The molecule has 1 atom stereocenters. The highest BCUT2D eigenvalue weighted by molar-refractivity contribution is 6.01. The molecule has 2 heterocycles. The van der Waals surface area contributed by atoms with E-state index in [1.165, 1.54) is 6.42 Å². The first-order valence-electron chi connectivity index (χ1n) is 11.8. The highest BCUT2D eigenvalue weighted by Crippen LogP contribution is 2.45. The Labute approximate surface area is 198 Å². The van der Waals surface area contributed by atoms with Gasteiger partial charge in [-0.05, 0) is 57.4 Å². The number of nitrogens with one attached hydrogen (secondary N) is 1. The van der Waals surface area contributed by atoms with E-state index in [-0.39, 0.29) is 12.2 Å². The summed E-state index contributed by atoms with van der Waals surface area (Å²) in [4.78, 5) is 11.9. The molecule has 1 saturated carbocycles. The van der Waals surface area contributed by atoms with Crippen molar-refractivity contribution in [2.75, 3.05) is 31.1 Å². The fourth-order valence-corrected chi connectivity index (χ4v) is 4.46. The van der Waals surface area contributed by atoms with Crippen molar-refractivity contribution in [2.45, 2.75) is 51.4 Å². The zero-order chi connectivity index (χ0) is 23.7. The molecule has 1 aliphatic carbocycles. The molecule has 34 heavy (non-hydrogen) atoms. The normalized spacial score (nSPS) is 18.3. The van der Waals surface area contributed by atoms with Crippen LogP contribution in [0.2, 0.25) is 0 Å². The van der Waals surface area contributed by atoms with Gasteiger partial charge in [0.15, 0.2) is 0 Å². The second kappa shape index (κ2) is 9.56. The molecule has 1 aliphatic heterocycles. The minimum absolute atomic E-state index is 0.0420. The average molecular weight is 466 g/mol. The number of amides is 1. The summed E-state index contributed by atoms with van der Waals surface area (Å²) in [7, 11) is 0. The zero-order valence-corrected chi connectivity index (χ0v) is 19.6. The Bertz CT molecular complexity index is 1160. The number of rotatable bonds is 7. The summed E-state index contributed by atoms with van der Waals surface area (Å²) in [6.07, 6.45) is 2.77. The molecule has 2 aliphatic rings. The lowest BCUT2D eigenvalue weighted by molar-refractivity contribution is 0.0320. The van der Waals surface area contributed by atoms with Crippen LogP contribution in [0, 0.1) is 0 Å². The number of hydrogen-bond acceptors (Lipinski definition) is 6. The van der Waals surface area contributed by atoms with Gasteiger partial charge in [0.1, 0.15) is 25.3 Å². The number of carbonyl (C=O) groups is 1. The molecular weight excluding hydrogens is 434 g/mol. The number of carbonyl (C=O) groups excluding carboxylic acids is 1. The fourth-order valence-electron chi connectivity index (χ4n) is 4.46. The molecule has 3 N–H and O–H groups in total. The van der Waals surface area contributed by atoms with Crippen molar-refractivity contribution in [3.8, 4) is 17.0 Å². The van der Waals surface area contributed by atoms with E-state index in [1.54, 1.807) is 0 Å². The van der Waals surface area contributed by atoms with Gasteiger partial charge in [0.05, 0.1) is 29.6 Å². The maximum Gasteiger partial charge on any atom is 0.411 e. The van der Waals surface area contributed by atoms with E-state index in [0.29, 0.717) is 31.7 Å². The van der Waals surface area contributed by atoms with Crippen LogP contribution in [0.3, 0.4) is 0 Å². The van der Waals surface area contributed by atoms with Gasteiger partial charge in [-0.1, -0.05) is 12.1 Å². The molecule has 2 fully saturated rings. The maximum atomic E-state index is 11.9. The Kier molecular flexibility index (Phi) is 6.34. The summed E-state index contributed by atoms with van der Waals surface area (Å²) in [5.41, 5.74) is 11.2. The summed E-state index contributed by atoms with van der Waals surface area (Å²) in [5, 5.41) is 3.77. The Morgan fingerprint density at radius 3 is 2.65 bits per heavy atom. The Hall–Kier alpha value is -3.23. The van der Waals surface area contributed by atoms with Crippen molar-refractivity contribution in [3.05, 3.63) is 42.5 Å². The largest absolute Gasteiger partial charge is 0.491 e. The van der Waals surface area contributed by atoms with Gasteiger partial charge < -0.3 is 29.2 Å². The topological polar surface area (TPSA) is 97.0 Å². The number of nitrogens with two attached hydrogens (primary N) is 1. The number of nitrogen functional groups attached to an aromatic ring is 1. The molecule has 2 aromatic carbocycles. The third-order valence-electron chi connectivity index (χ3n) is 6.33. The van der Waals surface area contributed by atoms with E-state index in [2.05, 4.69) is 16.0 Å². The summed E-state index contributed by atoms with van der Waals surface area (Å²) in [6, 6.07) is 14.2. The second-order valence-electron chi connectivity index (χ2n) is 9.14. The molecule has 8 nitrogen and oxygen atoms in total. The van der Waals surface area contributed by atoms with Crippen molar-refractivity contribution in [1.29, 1.82) is 0 Å². The molecule has 1 amide bonds. The molecule has 8 heteroatoms. The van der Waals surface area contributed by atoms with Crippen LogP contribution in [-0.4, -0.2) is 42.9 Å². The number of nitrogens with zero attached hydrogens (tertiary/aromatic N) is 1. The predicted octanol–water partition coefficient (Wildman–Crippen LogP) is 5.32. The number of hydrogen-bond donors (Lipinski definition) is 2. The number of anilines is 2. The van der Waals surface area contributed by atoms with Gasteiger partial charge in [0.25, 0.3) is 0 Å². The van der Waals surface area contributed by atoms with Crippen molar-refractivity contribution < 1.29 is 23.7 Å². The molecule has 5 rings (SSSR count). The van der Waals surface area contributed by atoms with Gasteiger partial charge >= 0.3 is 6.09 Å². The van der Waals surface area contributed by atoms with Crippen LogP contribution in [0.5, 0.6) is 5.75 Å². The van der Waals surface area contributed by atoms with Crippen LogP contribution in [-0.2, 0) is 14.2 Å². The Morgan fingerprint density at radius 1 is 1.21 bits per heavy atom. The first-order chi connectivity index (χ1) is 16.5. The molecular formula is C26H31N3O5. The van der Waals surface area contributed by atoms with Crippen molar-refractivity contribution in [2.24, 2.45) is 0 Å². The second-order valence-corrected chi connectivity index (χ2v) is 9.14. The van der Waals surface area contributed by atoms with Crippen LogP contribution in [0.4, 0.5) is 16.2 Å². The lowest BCUT2D eigenvalue weighted by Crippen LogP contribution is -2.20. The molecule has 1 aromatic heterocycles. The van der Waals surface area contributed by atoms with Crippen LogP contribution in [0.25, 0.3) is 22.2 Å². The lowest BCUT2D eigenvalue weighted by atomic mass is 9.92. The predicted molar refractivity (Wildman–Crippen MR) is 131 cm³/mol. The SMILES string of the molecule is CC(C)OC(=O)Nc1ccc(-c2c(N)c3ccc(OCC4COCO4)cc3n2C2CCC2)cc1. The molecule has 0 bridgehead atoms. The molecule has 0 spiro atoms. The summed E-state index contributed by atoms with van der Waals surface area (Å²) < 4.78 is 24.3. The molecule has 3 aromatic rings. The minimum Gasteiger partial charge on any atom is -0.491 e. The van der Waals surface area contributed by atoms with Gasteiger partial charge in [-0.15, -0.1) is 0 Å². The first-order valence-corrected chi connectivity index (χ1v) is 11.8. The summed E-state index contributed by atoms with van der Waals surface area (Å²) >= 11 is 0. The third-order valence-corrected chi connectivity index (χ3v) is 6.33. The van der Waals surface area contributed by atoms with Gasteiger partial charge in [-0.3, -0.25) is 5.32 Å². The van der Waals surface area contributed by atoms with E-state index in [0.717, 1.165) is 46.4 Å². The number of benzene rings is 2. The van der Waals surface area contributed by atoms with Crippen molar-refractivity contribution >= 4 is 28.4 Å². The molecule has 180 valence electrons. The van der Waals surface area contributed by atoms with E-state index >= 15 is 0 Å². The highest BCUT2D eigenvalue weighted by Gasteiger charge is 2.27. The van der Waals surface area contributed by atoms with Crippen LogP contribution >= 0.6 is 0 Å². The molecule has 1 saturated heterocycles. The summed E-state index contributed by atoms with van der Waals surface area (Å²) in [6.45, 7) is 4.96. The smallest absolute Gasteiger partial charge is 0.411 e. The van der Waals surface area contributed by atoms with Crippen LogP contribution < -0.4 is 15.8 Å². The van der Waals surface area contributed by atoms with Crippen molar-refractivity contribution in [3.63, 3.8) is 0 Å². The van der Waals surface area contributed by atoms with E-state index in [1.807, 2.05) is 50.2 Å². The third kappa shape index (κ3) is 4.56. The maximum absolute atomic E-state index is 11.9. The minimum atomic E-state index is -0.465. The zero-order valence-electron chi connectivity index (χ0n) is 19.6. The Morgan fingerprint density at radius 2 is 2.00 bits per heavy atom. The lowest BCUT2D eigenvalue weighted by Gasteiger charge is -2.30. The highest BCUT2D eigenvalue weighted by atomic mass is 16.7. The monoisotopic (exact) mass is 465 g/mol. The van der Waals surface area contributed by atoms with Gasteiger partial charge in [0, 0.05) is 28.7 Å². The molecule has 0 radical (unpaired) electrons. The first kappa shape index (κ1) is 22.6.